The minimum atomic E-state index is -0.301. The molecule has 1 saturated heterocycles. The van der Waals surface area contributed by atoms with Crippen LogP contribution in [0.1, 0.15) is 12.0 Å². The number of ether oxygens (including phenoxy) is 1. The summed E-state index contributed by atoms with van der Waals surface area (Å²) in [6.45, 7) is 1.35. The van der Waals surface area contributed by atoms with Crippen LogP contribution in [0.5, 0.6) is 0 Å². The summed E-state index contributed by atoms with van der Waals surface area (Å²) in [5, 5.41) is 0.742. The van der Waals surface area contributed by atoms with Crippen LogP contribution in [0.2, 0.25) is 5.02 Å². The van der Waals surface area contributed by atoms with Gasteiger partial charge < -0.3 is 10.5 Å². The lowest BCUT2D eigenvalue weighted by molar-refractivity contribution is 0.178. The molecule has 13 heavy (non-hydrogen) atoms. The van der Waals surface area contributed by atoms with E-state index in [0.29, 0.717) is 6.61 Å². The summed E-state index contributed by atoms with van der Waals surface area (Å²) in [5.41, 5.74) is 6.97. The summed E-state index contributed by atoms with van der Waals surface area (Å²) in [7, 11) is 0. The lowest BCUT2D eigenvalue weighted by Crippen LogP contribution is -2.36. The maximum absolute atomic E-state index is 6.16. The Morgan fingerprint density at radius 3 is 2.54 bits per heavy atom. The Morgan fingerprint density at radius 2 is 2.00 bits per heavy atom. The van der Waals surface area contributed by atoms with Crippen molar-refractivity contribution in [2.24, 2.45) is 5.73 Å². The first-order chi connectivity index (χ1) is 6.21. The molecule has 0 aliphatic carbocycles. The van der Waals surface area contributed by atoms with E-state index < -0.39 is 0 Å². The fourth-order valence-corrected chi connectivity index (χ4v) is 1.72. The lowest BCUT2D eigenvalue weighted by Gasteiger charge is -2.22. The molecule has 0 aromatic heterocycles. The van der Waals surface area contributed by atoms with Gasteiger partial charge in [0.25, 0.3) is 0 Å². The smallest absolute Gasteiger partial charge is 0.0689 e. The molecule has 1 aliphatic heterocycles. The second-order valence-electron chi connectivity index (χ2n) is 3.47. The predicted molar refractivity (Wildman–Crippen MR) is 52.8 cm³/mol. The highest BCUT2D eigenvalue weighted by Gasteiger charge is 2.31. The van der Waals surface area contributed by atoms with Crippen molar-refractivity contribution in [2.45, 2.75) is 12.0 Å². The van der Waals surface area contributed by atoms with Crippen LogP contribution in [0, 0.1) is 0 Å². The fourth-order valence-electron chi connectivity index (χ4n) is 1.59. The minimum Gasteiger partial charge on any atom is -0.379 e. The Balaban J connectivity index is 2.29. The first-order valence-electron chi connectivity index (χ1n) is 4.33. The molecule has 2 nitrogen and oxygen atoms in total. The largest absolute Gasteiger partial charge is 0.379 e. The van der Waals surface area contributed by atoms with Gasteiger partial charge in [-0.15, -0.1) is 0 Å². The van der Waals surface area contributed by atoms with Gasteiger partial charge in [0.15, 0.2) is 0 Å². The van der Waals surface area contributed by atoms with E-state index in [9.17, 15) is 0 Å². The van der Waals surface area contributed by atoms with Gasteiger partial charge in [-0.05, 0) is 24.1 Å². The second kappa shape index (κ2) is 3.29. The molecular formula is C10H12ClNO. The zero-order valence-electron chi connectivity index (χ0n) is 7.29. The Bertz CT molecular complexity index is 290. The van der Waals surface area contributed by atoms with Crippen molar-refractivity contribution in [3.63, 3.8) is 0 Å². The van der Waals surface area contributed by atoms with E-state index in [-0.39, 0.29) is 5.54 Å². The fraction of sp³-hybridized carbons (Fsp3) is 0.400. The van der Waals surface area contributed by atoms with Crippen LogP contribution < -0.4 is 5.73 Å². The predicted octanol–water partition coefficient (Wildman–Crippen LogP) is 1.91. The maximum atomic E-state index is 6.16. The molecule has 1 aromatic rings. The third kappa shape index (κ3) is 1.70. The van der Waals surface area contributed by atoms with Crippen molar-refractivity contribution in [3.8, 4) is 0 Å². The molecule has 3 heteroatoms. The van der Waals surface area contributed by atoms with Crippen LogP contribution in [0.3, 0.4) is 0 Å². The van der Waals surface area contributed by atoms with Gasteiger partial charge in [-0.1, -0.05) is 23.7 Å². The maximum Gasteiger partial charge on any atom is 0.0689 e. The summed E-state index contributed by atoms with van der Waals surface area (Å²) in [6.07, 6.45) is 0.884. The first-order valence-corrected chi connectivity index (χ1v) is 4.71. The van der Waals surface area contributed by atoms with Crippen LogP contribution in [-0.4, -0.2) is 13.2 Å². The molecule has 1 atom stereocenters. The Morgan fingerprint density at radius 1 is 1.31 bits per heavy atom. The van der Waals surface area contributed by atoms with Gasteiger partial charge in [-0.25, -0.2) is 0 Å². The molecule has 1 fully saturated rings. The number of halogens is 1. The van der Waals surface area contributed by atoms with Crippen molar-refractivity contribution >= 4 is 11.6 Å². The van der Waals surface area contributed by atoms with E-state index >= 15 is 0 Å². The lowest BCUT2D eigenvalue weighted by atomic mass is 9.91. The molecular weight excluding hydrogens is 186 g/mol. The monoisotopic (exact) mass is 197 g/mol. The number of benzene rings is 1. The average Bonchev–Trinajstić information content (AvgIpc) is 2.54. The zero-order chi connectivity index (χ0) is 9.31. The molecule has 0 bridgehead atoms. The van der Waals surface area contributed by atoms with E-state index in [0.717, 1.165) is 23.6 Å². The van der Waals surface area contributed by atoms with E-state index in [4.69, 9.17) is 22.1 Å². The van der Waals surface area contributed by atoms with Crippen molar-refractivity contribution in [2.75, 3.05) is 13.2 Å². The molecule has 1 aromatic carbocycles. The number of hydrogen-bond donors (Lipinski definition) is 1. The molecule has 0 amide bonds. The number of hydrogen-bond acceptors (Lipinski definition) is 2. The molecule has 0 saturated carbocycles. The molecule has 0 radical (unpaired) electrons. The molecule has 1 heterocycles. The molecule has 2 N–H and O–H groups in total. The average molecular weight is 198 g/mol. The number of nitrogens with two attached hydrogens (primary N) is 1. The van der Waals surface area contributed by atoms with E-state index in [1.165, 1.54) is 0 Å². The van der Waals surface area contributed by atoms with Gasteiger partial charge in [-0.3, -0.25) is 0 Å². The van der Waals surface area contributed by atoms with Crippen molar-refractivity contribution in [1.82, 2.24) is 0 Å². The zero-order valence-corrected chi connectivity index (χ0v) is 8.05. The SMILES string of the molecule is NC1(c2ccc(Cl)cc2)CCOC1. The van der Waals surface area contributed by atoms with Gasteiger partial charge in [0.1, 0.15) is 0 Å². The standard InChI is InChI=1S/C10H12ClNO/c11-9-3-1-8(2-4-9)10(12)5-6-13-7-10/h1-4H,5-7,12H2. The minimum absolute atomic E-state index is 0.301. The first kappa shape index (κ1) is 9.00. The molecule has 0 spiro atoms. The molecule has 2 rings (SSSR count). The van der Waals surface area contributed by atoms with Crippen LogP contribution >= 0.6 is 11.6 Å². The van der Waals surface area contributed by atoms with Crippen molar-refractivity contribution in [3.05, 3.63) is 34.9 Å². The van der Waals surface area contributed by atoms with Gasteiger partial charge >= 0.3 is 0 Å². The molecule has 1 aliphatic rings. The van der Waals surface area contributed by atoms with Crippen LogP contribution in [-0.2, 0) is 10.3 Å². The van der Waals surface area contributed by atoms with E-state index in [2.05, 4.69) is 0 Å². The second-order valence-corrected chi connectivity index (χ2v) is 3.90. The van der Waals surface area contributed by atoms with Crippen molar-refractivity contribution < 1.29 is 4.74 Å². The third-order valence-electron chi connectivity index (χ3n) is 2.47. The van der Waals surface area contributed by atoms with Crippen LogP contribution in [0.25, 0.3) is 0 Å². The summed E-state index contributed by atoms with van der Waals surface area (Å²) in [4.78, 5) is 0. The van der Waals surface area contributed by atoms with E-state index in [1.54, 1.807) is 0 Å². The van der Waals surface area contributed by atoms with Gasteiger partial charge in [0.2, 0.25) is 0 Å². The van der Waals surface area contributed by atoms with Gasteiger partial charge in [-0.2, -0.15) is 0 Å². The Hall–Kier alpha value is -0.570. The molecule has 1 unspecified atom stereocenters. The third-order valence-corrected chi connectivity index (χ3v) is 2.72. The summed E-state index contributed by atoms with van der Waals surface area (Å²) >= 11 is 5.79. The summed E-state index contributed by atoms with van der Waals surface area (Å²) < 4.78 is 5.29. The van der Waals surface area contributed by atoms with Crippen molar-refractivity contribution in [1.29, 1.82) is 0 Å². The molecule has 70 valence electrons. The topological polar surface area (TPSA) is 35.2 Å². The van der Waals surface area contributed by atoms with E-state index in [1.807, 2.05) is 24.3 Å². The highest BCUT2D eigenvalue weighted by Crippen LogP contribution is 2.28. The summed E-state index contributed by atoms with van der Waals surface area (Å²) in [6, 6.07) is 7.67. The Kier molecular flexibility index (Phi) is 2.28. The quantitative estimate of drug-likeness (QED) is 0.747. The number of rotatable bonds is 1. The highest BCUT2D eigenvalue weighted by molar-refractivity contribution is 6.30. The highest BCUT2D eigenvalue weighted by atomic mass is 35.5. The normalized spacial score (nSPS) is 27.8. The Labute approximate surface area is 82.6 Å². The van der Waals surface area contributed by atoms with Gasteiger partial charge in [0, 0.05) is 11.6 Å². The van der Waals surface area contributed by atoms with Crippen LogP contribution in [0.4, 0.5) is 0 Å². The van der Waals surface area contributed by atoms with Crippen LogP contribution in [0.15, 0.2) is 24.3 Å². The summed E-state index contributed by atoms with van der Waals surface area (Å²) in [5.74, 6) is 0. The van der Waals surface area contributed by atoms with Gasteiger partial charge in [0.05, 0.1) is 12.1 Å².